The summed E-state index contributed by atoms with van der Waals surface area (Å²) in [5, 5.41) is 9.31. The van der Waals surface area contributed by atoms with Crippen LogP contribution in [-0.4, -0.2) is 49.7 Å². The number of benzene rings is 1. The topological polar surface area (TPSA) is 84.3 Å². The van der Waals surface area contributed by atoms with E-state index in [0.29, 0.717) is 12.1 Å². The molecule has 152 valence electrons. The molecule has 1 fully saturated rings. The number of carbonyl (C=O) groups excluding carboxylic acids is 1. The number of rotatable bonds is 5. The van der Waals surface area contributed by atoms with Crippen molar-refractivity contribution in [1.82, 2.24) is 9.78 Å². The Morgan fingerprint density at radius 2 is 2.00 bits per heavy atom. The normalized spacial score (nSPS) is 17.9. The minimum Gasteiger partial charge on any atom is -0.378 e. The van der Waals surface area contributed by atoms with Crippen LogP contribution in [0.2, 0.25) is 0 Å². The third-order valence-electron chi connectivity index (χ3n) is 4.94. The molecule has 1 N–H and O–H groups in total. The molecule has 0 saturated carbocycles. The van der Waals surface area contributed by atoms with Crippen molar-refractivity contribution in [3.63, 3.8) is 0 Å². The Kier molecular flexibility index (Phi) is 5.18. The zero-order valence-corrected chi connectivity index (χ0v) is 17.8. The molecule has 0 spiro atoms. The van der Waals surface area contributed by atoms with Crippen molar-refractivity contribution in [2.24, 2.45) is 0 Å². The average Bonchev–Trinajstić information content (AvgIpc) is 3.40. The highest BCUT2D eigenvalue weighted by Gasteiger charge is 2.32. The van der Waals surface area contributed by atoms with Crippen molar-refractivity contribution in [3.8, 4) is 10.6 Å². The molecule has 1 unspecified atom stereocenters. The SMILES string of the molecule is CN(C)c1ccc(NC(=O)c2cc(-c3cccs3)n(C3CCS(=O)(=O)C3)n2)cc1. The van der Waals surface area contributed by atoms with Gasteiger partial charge in [0.1, 0.15) is 0 Å². The standard InChI is InChI=1S/C20H22N4O3S2/c1-23(2)15-7-5-14(6-8-15)21-20(25)17-12-18(19-4-3-10-28-19)24(22-17)16-9-11-29(26,27)13-16/h3-8,10,12,16H,9,11,13H2,1-2H3,(H,21,25). The van der Waals surface area contributed by atoms with Crippen molar-refractivity contribution in [3.05, 3.63) is 53.5 Å². The van der Waals surface area contributed by atoms with E-state index in [1.165, 1.54) is 11.3 Å². The number of sulfone groups is 1. The molecule has 3 heterocycles. The van der Waals surface area contributed by atoms with E-state index in [1.54, 1.807) is 10.7 Å². The third kappa shape index (κ3) is 4.20. The van der Waals surface area contributed by atoms with Gasteiger partial charge in [0, 0.05) is 25.5 Å². The molecule has 0 bridgehead atoms. The summed E-state index contributed by atoms with van der Waals surface area (Å²) in [4.78, 5) is 15.7. The Bertz CT molecular complexity index is 1120. The van der Waals surface area contributed by atoms with Gasteiger partial charge in [-0.1, -0.05) is 6.07 Å². The van der Waals surface area contributed by atoms with Gasteiger partial charge in [-0.2, -0.15) is 5.10 Å². The maximum absolute atomic E-state index is 12.8. The number of amides is 1. The lowest BCUT2D eigenvalue weighted by molar-refractivity contribution is 0.102. The van der Waals surface area contributed by atoms with Crippen LogP contribution in [0, 0.1) is 0 Å². The second kappa shape index (κ2) is 7.64. The minimum absolute atomic E-state index is 0.0557. The van der Waals surface area contributed by atoms with Crippen LogP contribution in [0.15, 0.2) is 47.8 Å². The molecule has 1 aliphatic rings. The molecule has 9 heteroatoms. The van der Waals surface area contributed by atoms with Crippen molar-refractivity contribution in [2.75, 3.05) is 35.8 Å². The lowest BCUT2D eigenvalue weighted by Crippen LogP contribution is -2.16. The predicted octanol–water partition coefficient (Wildman–Crippen LogP) is 3.29. The van der Waals surface area contributed by atoms with Crippen molar-refractivity contribution in [2.45, 2.75) is 12.5 Å². The van der Waals surface area contributed by atoms with Crippen molar-refractivity contribution >= 4 is 38.5 Å². The molecule has 1 saturated heterocycles. The first-order valence-electron chi connectivity index (χ1n) is 9.25. The lowest BCUT2D eigenvalue weighted by Gasteiger charge is -2.13. The second-order valence-corrected chi connectivity index (χ2v) is 10.5. The fourth-order valence-corrected chi connectivity index (χ4v) is 5.82. The minimum atomic E-state index is -3.06. The van der Waals surface area contributed by atoms with E-state index < -0.39 is 9.84 Å². The smallest absolute Gasteiger partial charge is 0.276 e. The van der Waals surface area contributed by atoms with Gasteiger partial charge in [0.2, 0.25) is 0 Å². The van der Waals surface area contributed by atoms with Crippen LogP contribution in [0.4, 0.5) is 11.4 Å². The zero-order chi connectivity index (χ0) is 20.6. The number of carbonyl (C=O) groups is 1. The zero-order valence-electron chi connectivity index (χ0n) is 16.2. The van der Waals surface area contributed by atoms with Gasteiger partial charge in [-0.05, 0) is 48.2 Å². The van der Waals surface area contributed by atoms with Gasteiger partial charge in [-0.15, -0.1) is 11.3 Å². The van der Waals surface area contributed by atoms with Gasteiger partial charge in [-0.25, -0.2) is 8.42 Å². The summed E-state index contributed by atoms with van der Waals surface area (Å²) in [5.74, 6) is -0.110. The van der Waals surface area contributed by atoms with Gasteiger partial charge in [0.05, 0.1) is 28.1 Å². The fraction of sp³-hybridized carbons (Fsp3) is 0.300. The summed E-state index contributed by atoms with van der Waals surface area (Å²) in [5.41, 5.74) is 2.76. The van der Waals surface area contributed by atoms with Crippen LogP contribution >= 0.6 is 11.3 Å². The number of hydrogen-bond donors (Lipinski definition) is 1. The molecule has 0 radical (unpaired) electrons. The maximum Gasteiger partial charge on any atom is 0.276 e. The molecule has 29 heavy (non-hydrogen) atoms. The third-order valence-corrected chi connectivity index (χ3v) is 7.58. The predicted molar refractivity (Wildman–Crippen MR) is 117 cm³/mol. The Hall–Kier alpha value is -2.65. The maximum atomic E-state index is 12.8. The van der Waals surface area contributed by atoms with Gasteiger partial charge in [0.25, 0.3) is 5.91 Å². The molecule has 3 aromatic rings. The molecular weight excluding hydrogens is 408 g/mol. The number of anilines is 2. The highest BCUT2D eigenvalue weighted by molar-refractivity contribution is 7.91. The summed E-state index contributed by atoms with van der Waals surface area (Å²) in [6, 6.07) is 12.9. The molecule has 1 aromatic carbocycles. The average molecular weight is 431 g/mol. The lowest BCUT2D eigenvalue weighted by atomic mass is 10.2. The first-order chi connectivity index (χ1) is 13.8. The molecule has 4 rings (SSSR count). The van der Waals surface area contributed by atoms with Crippen LogP contribution in [-0.2, 0) is 9.84 Å². The van der Waals surface area contributed by atoms with Crippen LogP contribution < -0.4 is 10.2 Å². The number of hydrogen-bond acceptors (Lipinski definition) is 6. The number of nitrogens with zero attached hydrogens (tertiary/aromatic N) is 3. The molecule has 0 aliphatic carbocycles. The number of aromatic nitrogens is 2. The molecule has 1 amide bonds. The first-order valence-corrected chi connectivity index (χ1v) is 11.9. The van der Waals surface area contributed by atoms with Crippen LogP contribution in [0.25, 0.3) is 10.6 Å². The molecule has 1 aliphatic heterocycles. The van der Waals surface area contributed by atoms with E-state index in [9.17, 15) is 13.2 Å². The van der Waals surface area contributed by atoms with E-state index in [4.69, 9.17) is 0 Å². The van der Waals surface area contributed by atoms with Gasteiger partial charge in [0.15, 0.2) is 15.5 Å². The Balaban J connectivity index is 1.62. The summed E-state index contributed by atoms with van der Waals surface area (Å²) >= 11 is 1.54. The van der Waals surface area contributed by atoms with E-state index in [-0.39, 0.29) is 29.1 Å². The highest BCUT2D eigenvalue weighted by Crippen LogP contribution is 2.32. The Labute approximate surface area is 173 Å². The van der Waals surface area contributed by atoms with Crippen LogP contribution in [0.3, 0.4) is 0 Å². The Morgan fingerprint density at radius 1 is 1.24 bits per heavy atom. The van der Waals surface area contributed by atoms with E-state index in [2.05, 4.69) is 10.4 Å². The van der Waals surface area contributed by atoms with Crippen LogP contribution in [0.5, 0.6) is 0 Å². The van der Waals surface area contributed by atoms with Gasteiger partial charge >= 0.3 is 0 Å². The van der Waals surface area contributed by atoms with E-state index >= 15 is 0 Å². The monoisotopic (exact) mass is 430 g/mol. The van der Waals surface area contributed by atoms with Gasteiger partial charge < -0.3 is 10.2 Å². The molecule has 1 atom stereocenters. The van der Waals surface area contributed by atoms with Crippen molar-refractivity contribution in [1.29, 1.82) is 0 Å². The summed E-state index contributed by atoms with van der Waals surface area (Å²) in [6.07, 6.45) is 0.509. The summed E-state index contributed by atoms with van der Waals surface area (Å²) < 4.78 is 25.6. The fourth-order valence-electron chi connectivity index (χ4n) is 3.40. The summed E-state index contributed by atoms with van der Waals surface area (Å²) in [7, 11) is 0.846. The Morgan fingerprint density at radius 3 is 2.59 bits per heavy atom. The number of nitrogens with one attached hydrogen (secondary N) is 1. The molecule has 7 nitrogen and oxygen atoms in total. The second-order valence-electron chi connectivity index (χ2n) is 7.29. The van der Waals surface area contributed by atoms with Crippen LogP contribution in [0.1, 0.15) is 23.0 Å². The van der Waals surface area contributed by atoms with Gasteiger partial charge in [-0.3, -0.25) is 9.48 Å². The van der Waals surface area contributed by atoms with E-state index in [1.807, 2.05) is 60.8 Å². The quantitative estimate of drug-likeness (QED) is 0.671. The molecule has 2 aromatic heterocycles. The number of thiophene rings is 1. The highest BCUT2D eigenvalue weighted by atomic mass is 32.2. The summed E-state index contributed by atoms with van der Waals surface area (Å²) in [6.45, 7) is 0. The van der Waals surface area contributed by atoms with Crippen molar-refractivity contribution < 1.29 is 13.2 Å². The van der Waals surface area contributed by atoms with E-state index in [0.717, 1.165) is 16.3 Å². The largest absolute Gasteiger partial charge is 0.378 e. The molecular formula is C20H22N4O3S2. The first kappa shape index (κ1) is 19.7.